The molecule has 0 aliphatic heterocycles. The summed E-state index contributed by atoms with van der Waals surface area (Å²) in [6.07, 6.45) is 12.4. The average Bonchev–Trinajstić information content (AvgIpc) is 2.78. The van der Waals surface area contributed by atoms with Crippen molar-refractivity contribution < 1.29 is 9.53 Å². The summed E-state index contributed by atoms with van der Waals surface area (Å²) in [4.78, 5) is 12.7. The van der Waals surface area contributed by atoms with Crippen molar-refractivity contribution in [3.8, 4) is 0 Å². The molecule has 0 aromatic rings. The maximum atomic E-state index is 12.7. The number of ketones is 1. The minimum Gasteiger partial charge on any atom is -0.501 e. The summed E-state index contributed by atoms with van der Waals surface area (Å²) in [7, 11) is 1.78. The zero-order valence-electron chi connectivity index (χ0n) is 14.8. The molecule has 124 valence electrons. The van der Waals surface area contributed by atoms with E-state index >= 15 is 0 Å². The van der Waals surface area contributed by atoms with E-state index in [-0.39, 0.29) is 16.7 Å². The van der Waals surface area contributed by atoms with Gasteiger partial charge in [0.1, 0.15) is 5.78 Å². The molecule has 0 aromatic heterocycles. The van der Waals surface area contributed by atoms with Crippen LogP contribution in [0.2, 0.25) is 0 Å². The summed E-state index contributed by atoms with van der Waals surface area (Å²) in [5.74, 6) is 2.95. The van der Waals surface area contributed by atoms with Crippen LogP contribution in [0.1, 0.15) is 52.9 Å². The molecule has 5 atom stereocenters. The number of methoxy groups -OCH3 is 1. The van der Waals surface area contributed by atoms with Gasteiger partial charge in [-0.3, -0.25) is 4.79 Å². The molecule has 0 aromatic carbocycles. The molecule has 1 saturated carbocycles. The van der Waals surface area contributed by atoms with E-state index in [2.05, 4.69) is 39.0 Å². The molecule has 0 spiro atoms. The molecule has 2 nitrogen and oxygen atoms in total. The molecule has 2 heteroatoms. The van der Waals surface area contributed by atoms with Crippen LogP contribution >= 0.6 is 0 Å². The first kappa shape index (κ1) is 15.2. The van der Waals surface area contributed by atoms with E-state index in [1.807, 2.05) is 0 Å². The molecule has 0 saturated heterocycles. The Bertz CT molecular complexity index is 653. The highest BCUT2D eigenvalue weighted by molar-refractivity contribution is 5.89. The SMILES string of the molecule is COC1=CC2=CC[C@@H]3C(=CC[C@]4(C)C(=O)[C@@H](C)C[C@@H]34)[C@@]2(C)CC1. The second-order valence-electron chi connectivity index (χ2n) is 8.54. The number of Topliss-reactive ketones (excluding diaryl/α,β-unsaturated/α-hetero) is 1. The smallest absolute Gasteiger partial charge is 0.142 e. The molecule has 0 heterocycles. The van der Waals surface area contributed by atoms with Gasteiger partial charge in [-0.25, -0.2) is 0 Å². The van der Waals surface area contributed by atoms with Crippen LogP contribution < -0.4 is 0 Å². The number of hydrogen-bond acceptors (Lipinski definition) is 2. The predicted molar refractivity (Wildman–Crippen MR) is 91.7 cm³/mol. The Morgan fingerprint density at radius 1 is 1.26 bits per heavy atom. The minimum absolute atomic E-state index is 0.114. The van der Waals surface area contributed by atoms with Crippen molar-refractivity contribution in [1.82, 2.24) is 0 Å². The molecule has 0 unspecified atom stereocenters. The van der Waals surface area contributed by atoms with Gasteiger partial charge in [0.2, 0.25) is 0 Å². The molecule has 0 radical (unpaired) electrons. The summed E-state index contributed by atoms with van der Waals surface area (Å²) in [5, 5.41) is 0. The molecule has 0 N–H and O–H groups in total. The first-order chi connectivity index (χ1) is 10.9. The standard InChI is InChI=1S/C21H28O2/c1-13-11-18-16-6-5-14-12-15(23-4)7-9-20(14,2)17(16)8-10-21(18,3)19(13)22/h5,8,12-13,16,18H,6-7,9-11H2,1-4H3/t13-,16+,18-,20-,21-/m0/s1. The molecule has 23 heavy (non-hydrogen) atoms. The topological polar surface area (TPSA) is 26.3 Å². The zero-order valence-corrected chi connectivity index (χ0v) is 14.8. The Hall–Kier alpha value is -1.31. The highest BCUT2D eigenvalue weighted by atomic mass is 16.5. The van der Waals surface area contributed by atoms with Crippen molar-refractivity contribution >= 4 is 5.78 Å². The molecule has 4 aliphatic carbocycles. The first-order valence-electron chi connectivity index (χ1n) is 9.10. The molecule has 4 rings (SSSR count). The highest BCUT2D eigenvalue weighted by Gasteiger charge is 2.57. The summed E-state index contributed by atoms with van der Waals surface area (Å²) < 4.78 is 5.49. The van der Waals surface area contributed by atoms with Crippen molar-refractivity contribution in [2.24, 2.45) is 28.6 Å². The van der Waals surface area contributed by atoms with Crippen molar-refractivity contribution in [3.63, 3.8) is 0 Å². The van der Waals surface area contributed by atoms with Gasteiger partial charge in [0.15, 0.2) is 0 Å². The number of rotatable bonds is 1. The second-order valence-corrected chi connectivity index (χ2v) is 8.54. The van der Waals surface area contributed by atoms with Gasteiger partial charge in [-0.1, -0.05) is 38.5 Å². The van der Waals surface area contributed by atoms with Crippen LogP contribution in [-0.2, 0) is 9.53 Å². The lowest BCUT2D eigenvalue weighted by Gasteiger charge is -2.50. The fourth-order valence-corrected chi connectivity index (χ4v) is 5.90. The van der Waals surface area contributed by atoms with Crippen LogP contribution in [0.3, 0.4) is 0 Å². The van der Waals surface area contributed by atoms with Gasteiger partial charge in [-0.15, -0.1) is 0 Å². The van der Waals surface area contributed by atoms with Crippen molar-refractivity contribution in [2.45, 2.75) is 52.9 Å². The predicted octanol–water partition coefficient (Wildman–Crippen LogP) is 4.82. The van der Waals surface area contributed by atoms with Crippen LogP contribution in [-0.4, -0.2) is 12.9 Å². The highest BCUT2D eigenvalue weighted by Crippen LogP contribution is 2.62. The Kier molecular flexibility index (Phi) is 3.21. The van der Waals surface area contributed by atoms with Gasteiger partial charge < -0.3 is 4.74 Å². The molecular formula is C21H28O2. The number of carbonyl (C=O) groups excluding carboxylic acids is 1. The summed E-state index contributed by atoms with van der Waals surface area (Å²) in [5.41, 5.74) is 3.09. The largest absolute Gasteiger partial charge is 0.501 e. The molecule has 4 aliphatic rings. The fraction of sp³-hybridized carbons (Fsp3) is 0.667. The van der Waals surface area contributed by atoms with Gasteiger partial charge in [0, 0.05) is 23.2 Å². The lowest BCUT2D eigenvalue weighted by molar-refractivity contribution is -0.129. The van der Waals surface area contributed by atoms with E-state index in [1.54, 1.807) is 12.7 Å². The maximum absolute atomic E-state index is 12.7. The van der Waals surface area contributed by atoms with Crippen LogP contribution in [0.4, 0.5) is 0 Å². The molecule has 0 bridgehead atoms. The Morgan fingerprint density at radius 3 is 2.78 bits per heavy atom. The monoisotopic (exact) mass is 312 g/mol. The second kappa shape index (κ2) is 4.84. The Morgan fingerprint density at radius 2 is 2.04 bits per heavy atom. The van der Waals surface area contributed by atoms with Gasteiger partial charge in [-0.05, 0) is 49.2 Å². The van der Waals surface area contributed by atoms with Crippen LogP contribution in [0.5, 0.6) is 0 Å². The van der Waals surface area contributed by atoms with Crippen LogP contribution in [0, 0.1) is 28.6 Å². The quantitative estimate of drug-likeness (QED) is 0.649. The Labute approximate surface area is 139 Å². The Balaban J connectivity index is 1.76. The number of ether oxygens (including phenoxy) is 1. The fourth-order valence-electron chi connectivity index (χ4n) is 5.90. The number of carbonyl (C=O) groups is 1. The molecule has 1 fully saturated rings. The van der Waals surface area contributed by atoms with Gasteiger partial charge >= 0.3 is 0 Å². The van der Waals surface area contributed by atoms with Crippen molar-refractivity contribution in [3.05, 3.63) is 35.1 Å². The van der Waals surface area contributed by atoms with Crippen LogP contribution in [0.25, 0.3) is 0 Å². The molecule has 0 amide bonds. The van der Waals surface area contributed by atoms with E-state index in [0.29, 0.717) is 17.6 Å². The summed E-state index contributed by atoms with van der Waals surface area (Å²) in [6.45, 7) is 6.76. The summed E-state index contributed by atoms with van der Waals surface area (Å²) in [6, 6.07) is 0. The van der Waals surface area contributed by atoms with Crippen molar-refractivity contribution in [1.29, 1.82) is 0 Å². The third kappa shape index (κ3) is 1.90. The first-order valence-corrected chi connectivity index (χ1v) is 9.10. The van der Waals surface area contributed by atoms with Crippen LogP contribution in [0.15, 0.2) is 35.1 Å². The van der Waals surface area contributed by atoms with E-state index in [1.165, 1.54) is 5.57 Å². The lowest BCUT2D eigenvalue weighted by Crippen LogP contribution is -2.43. The van der Waals surface area contributed by atoms with Gasteiger partial charge in [-0.2, -0.15) is 0 Å². The van der Waals surface area contributed by atoms with E-state index in [9.17, 15) is 4.79 Å². The van der Waals surface area contributed by atoms with E-state index in [4.69, 9.17) is 4.74 Å². The third-order valence-electron chi connectivity index (χ3n) is 7.38. The lowest BCUT2D eigenvalue weighted by atomic mass is 9.53. The van der Waals surface area contributed by atoms with Gasteiger partial charge in [0.25, 0.3) is 0 Å². The minimum atomic E-state index is -0.114. The van der Waals surface area contributed by atoms with Crippen molar-refractivity contribution in [2.75, 3.05) is 7.11 Å². The van der Waals surface area contributed by atoms with E-state index in [0.717, 1.165) is 37.9 Å². The van der Waals surface area contributed by atoms with E-state index < -0.39 is 0 Å². The average molecular weight is 312 g/mol. The summed E-state index contributed by atoms with van der Waals surface area (Å²) >= 11 is 0. The zero-order chi connectivity index (χ0) is 16.4. The molecular weight excluding hydrogens is 284 g/mol. The van der Waals surface area contributed by atoms with Gasteiger partial charge in [0.05, 0.1) is 12.9 Å². The number of allylic oxidation sites excluding steroid dienone is 6. The maximum Gasteiger partial charge on any atom is 0.142 e. The number of fused-ring (bicyclic) bond motifs is 5. The third-order valence-corrected chi connectivity index (χ3v) is 7.38. The number of hydrogen-bond donors (Lipinski definition) is 0. The normalized spacial score (nSPS) is 45.3.